The molecular weight excluding hydrogens is 378 g/mol. The Hall–Kier alpha value is -2.84. The quantitative estimate of drug-likeness (QED) is 0.523. The SMILES string of the molecule is Cc1nc(-c2ccccc2NC(=O)Cc2sc(C)nc2-c2cccs2)n[nH]1. The third-order valence-corrected chi connectivity index (χ3v) is 5.77. The summed E-state index contributed by atoms with van der Waals surface area (Å²) in [6, 6.07) is 11.6. The molecule has 8 heteroatoms. The van der Waals surface area contributed by atoms with E-state index in [0.29, 0.717) is 11.5 Å². The van der Waals surface area contributed by atoms with Gasteiger partial charge in [0.2, 0.25) is 5.91 Å². The van der Waals surface area contributed by atoms with Gasteiger partial charge in [0, 0.05) is 10.4 Å². The highest BCUT2D eigenvalue weighted by atomic mass is 32.1. The van der Waals surface area contributed by atoms with Crippen LogP contribution in [0, 0.1) is 13.8 Å². The molecule has 4 rings (SSSR count). The number of nitrogens with one attached hydrogen (secondary N) is 2. The van der Waals surface area contributed by atoms with Gasteiger partial charge in [0.15, 0.2) is 5.82 Å². The summed E-state index contributed by atoms with van der Waals surface area (Å²) in [6.45, 7) is 3.81. The first-order valence-corrected chi connectivity index (χ1v) is 10.1. The number of H-pyrrole nitrogens is 1. The number of hydrogen-bond donors (Lipinski definition) is 2. The molecule has 3 aromatic heterocycles. The molecule has 2 N–H and O–H groups in total. The molecule has 0 atom stereocenters. The Labute approximate surface area is 164 Å². The number of rotatable bonds is 5. The largest absolute Gasteiger partial charge is 0.325 e. The Kier molecular flexibility index (Phi) is 4.83. The minimum absolute atomic E-state index is 0.0869. The highest BCUT2D eigenvalue weighted by molar-refractivity contribution is 7.15. The number of para-hydroxylation sites is 1. The number of carbonyl (C=O) groups excluding carboxylic acids is 1. The molecule has 0 unspecified atom stereocenters. The van der Waals surface area contributed by atoms with Crippen molar-refractivity contribution >= 4 is 34.3 Å². The van der Waals surface area contributed by atoms with Gasteiger partial charge in [-0.3, -0.25) is 9.89 Å². The number of carbonyl (C=O) groups is 1. The fourth-order valence-corrected chi connectivity index (χ4v) is 4.54. The number of aromatic nitrogens is 4. The van der Waals surface area contributed by atoms with E-state index >= 15 is 0 Å². The van der Waals surface area contributed by atoms with E-state index in [4.69, 9.17) is 0 Å². The van der Waals surface area contributed by atoms with Crippen molar-refractivity contribution in [3.8, 4) is 22.0 Å². The van der Waals surface area contributed by atoms with Crippen LogP contribution in [0.15, 0.2) is 41.8 Å². The zero-order valence-electron chi connectivity index (χ0n) is 14.8. The second-order valence-corrected chi connectivity index (χ2v) is 8.23. The van der Waals surface area contributed by atoms with Crippen molar-refractivity contribution in [2.75, 3.05) is 5.32 Å². The van der Waals surface area contributed by atoms with Crippen LogP contribution in [-0.2, 0) is 11.2 Å². The standard InChI is InChI=1S/C19H17N5OS2/c1-11-20-19(24-23-11)13-6-3-4-7-14(13)22-17(25)10-16-18(21-12(2)27-16)15-8-5-9-26-15/h3-9H,10H2,1-2H3,(H,22,25)(H,20,23,24). The fraction of sp³-hybridized carbons (Fsp3) is 0.158. The molecule has 0 radical (unpaired) electrons. The predicted octanol–water partition coefficient (Wildman–Crippen LogP) is 4.45. The van der Waals surface area contributed by atoms with Gasteiger partial charge in [-0.05, 0) is 37.4 Å². The third kappa shape index (κ3) is 3.81. The maximum absolute atomic E-state index is 12.7. The van der Waals surface area contributed by atoms with Crippen molar-refractivity contribution in [3.63, 3.8) is 0 Å². The number of aromatic amines is 1. The molecule has 0 saturated carbocycles. The fourth-order valence-electron chi connectivity index (χ4n) is 2.79. The Morgan fingerprint density at radius 2 is 2.00 bits per heavy atom. The summed E-state index contributed by atoms with van der Waals surface area (Å²) in [6.07, 6.45) is 0.278. The molecule has 4 aromatic rings. The Bertz CT molecular complexity index is 1080. The molecule has 3 heterocycles. The van der Waals surface area contributed by atoms with Gasteiger partial charge in [-0.1, -0.05) is 18.2 Å². The first-order valence-electron chi connectivity index (χ1n) is 8.38. The maximum Gasteiger partial charge on any atom is 0.229 e. The Morgan fingerprint density at radius 3 is 2.74 bits per heavy atom. The van der Waals surface area contributed by atoms with Gasteiger partial charge < -0.3 is 5.32 Å². The predicted molar refractivity (Wildman–Crippen MR) is 109 cm³/mol. The smallest absolute Gasteiger partial charge is 0.229 e. The van der Waals surface area contributed by atoms with E-state index in [9.17, 15) is 4.79 Å². The number of thiazole rings is 1. The average molecular weight is 396 g/mol. The van der Waals surface area contributed by atoms with Gasteiger partial charge in [-0.25, -0.2) is 9.97 Å². The zero-order chi connectivity index (χ0) is 18.8. The summed E-state index contributed by atoms with van der Waals surface area (Å²) in [5.74, 6) is 1.21. The van der Waals surface area contributed by atoms with Crippen molar-refractivity contribution in [1.82, 2.24) is 20.2 Å². The lowest BCUT2D eigenvalue weighted by Crippen LogP contribution is -2.15. The minimum atomic E-state index is -0.0869. The normalized spacial score (nSPS) is 10.9. The molecule has 1 amide bonds. The van der Waals surface area contributed by atoms with Crippen molar-refractivity contribution < 1.29 is 4.79 Å². The summed E-state index contributed by atoms with van der Waals surface area (Å²) in [5, 5.41) is 13.0. The summed E-state index contributed by atoms with van der Waals surface area (Å²) < 4.78 is 0. The number of hydrogen-bond acceptors (Lipinski definition) is 6. The van der Waals surface area contributed by atoms with Gasteiger partial charge in [-0.2, -0.15) is 5.10 Å². The monoisotopic (exact) mass is 395 g/mol. The van der Waals surface area contributed by atoms with Gasteiger partial charge in [0.25, 0.3) is 0 Å². The maximum atomic E-state index is 12.7. The van der Waals surface area contributed by atoms with Gasteiger partial charge in [0.1, 0.15) is 5.82 Å². The van der Waals surface area contributed by atoms with E-state index in [0.717, 1.165) is 31.8 Å². The van der Waals surface area contributed by atoms with E-state index in [1.54, 1.807) is 22.7 Å². The van der Waals surface area contributed by atoms with Crippen LogP contribution in [0.1, 0.15) is 15.7 Å². The van der Waals surface area contributed by atoms with Gasteiger partial charge in [0.05, 0.1) is 27.7 Å². The average Bonchev–Trinajstić information content (AvgIpc) is 3.37. The molecule has 0 fully saturated rings. The van der Waals surface area contributed by atoms with Crippen LogP contribution in [0.5, 0.6) is 0 Å². The second-order valence-electron chi connectivity index (χ2n) is 6.00. The highest BCUT2D eigenvalue weighted by Gasteiger charge is 2.17. The van der Waals surface area contributed by atoms with Crippen molar-refractivity contribution in [2.45, 2.75) is 20.3 Å². The lowest BCUT2D eigenvalue weighted by atomic mass is 10.1. The number of benzene rings is 1. The van der Waals surface area contributed by atoms with Crippen molar-refractivity contribution in [2.24, 2.45) is 0 Å². The molecule has 0 aliphatic rings. The molecule has 0 saturated heterocycles. The van der Waals surface area contributed by atoms with Crippen LogP contribution in [-0.4, -0.2) is 26.1 Å². The Morgan fingerprint density at radius 1 is 1.15 bits per heavy atom. The van der Waals surface area contributed by atoms with Gasteiger partial charge >= 0.3 is 0 Å². The number of amides is 1. The molecule has 27 heavy (non-hydrogen) atoms. The van der Waals surface area contributed by atoms with E-state index in [1.165, 1.54) is 0 Å². The first-order chi connectivity index (χ1) is 13.1. The van der Waals surface area contributed by atoms with E-state index in [-0.39, 0.29) is 12.3 Å². The molecule has 6 nitrogen and oxygen atoms in total. The first kappa shape index (κ1) is 17.6. The summed E-state index contributed by atoms with van der Waals surface area (Å²) in [5.41, 5.74) is 2.38. The molecule has 1 aromatic carbocycles. The van der Waals surface area contributed by atoms with Crippen molar-refractivity contribution in [1.29, 1.82) is 0 Å². The van der Waals surface area contributed by atoms with Crippen LogP contribution < -0.4 is 5.32 Å². The molecule has 0 bridgehead atoms. The Balaban J connectivity index is 1.57. The molecule has 0 aliphatic heterocycles. The lowest BCUT2D eigenvalue weighted by molar-refractivity contribution is -0.115. The summed E-state index contributed by atoms with van der Waals surface area (Å²) >= 11 is 3.19. The number of anilines is 1. The van der Waals surface area contributed by atoms with Crippen LogP contribution in [0.25, 0.3) is 22.0 Å². The highest BCUT2D eigenvalue weighted by Crippen LogP contribution is 2.32. The van der Waals surface area contributed by atoms with Crippen LogP contribution >= 0.6 is 22.7 Å². The van der Waals surface area contributed by atoms with Crippen LogP contribution in [0.4, 0.5) is 5.69 Å². The van der Waals surface area contributed by atoms with E-state index in [1.807, 2.05) is 55.6 Å². The zero-order valence-corrected chi connectivity index (χ0v) is 16.4. The number of thiophene rings is 1. The van der Waals surface area contributed by atoms with E-state index < -0.39 is 0 Å². The lowest BCUT2D eigenvalue weighted by Gasteiger charge is -2.09. The molecule has 0 aliphatic carbocycles. The topological polar surface area (TPSA) is 83.6 Å². The summed E-state index contributed by atoms with van der Waals surface area (Å²) in [7, 11) is 0. The molecule has 0 spiro atoms. The molecular formula is C19H17N5OS2. The number of aryl methyl sites for hydroxylation is 2. The van der Waals surface area contributed by atoms with Gasteiger partial charge in [-0.15, -0.1) is 22.7 Å². The third-order valence-electron chi connectivity index (χ3n) is 3.92. The van der Waals surface area contributed by atoms with Crippen molar-refractivity contribution in [3.05, 3.63) is 57.5 Å². The van der Waals surface area contributed by atoms with Crippen LogP contribution in [0.2, 0.25) is 0 Å². The van der Waals surface area contributed by atoms with Crippen LogP contribution in [0.3, 0.4) is 0 Å². The molecule has 136 valence electrons. The minimum Gasteiger partial charge on any atom is -0.325 e. The summed E-state index contributed by atoms with van der Waals surface area (Å²) in [4.78, 5) is 23.7. The second kappa shape index (κ2) is 7.42. The number of nitrogens with zero attached hydrogens (tertiary/aromatic N) is 3. The van der Waals surface area contributed by atoms with E-state index in [2.05, 4.69) is 25.5 Å².